The maximum atomic E-state index is 3.52. The van der Waals surface area contributed by atoms with Gasteiger partial charge >= 0.3 is 0 Å². The van der Waals surface area contributed by atoms with E-state index in [1.807, 2.05) is 27.7 Å². The fourth-order valence-corrected chi connectivity index (χ4v) is 3.68. The fourth-order valence-electron chi connectivity index (χ4n) is 2.73. The molecule has 138 valence electrons. The van der Waals surface area contributed by atoms with Crippen molar-refractivity contribution < 1.29 is 0 Å². The van der Waals surface area contributed by atoms with E-state index in [4.69, 9.17) is 0 Å². The highest BCUT2D eigenvalue weighted by Gasteiger charge is 2.05. The summed E-state index contributed by atoms with van der Waals surface area (Å²) in [7, 11) is 0. The third-order valence-corrected chi connectivity index (χ3v) is 4.87. The van der Waals surface area contributed by atoms with Gasteiger partial charge < -0.3 is 0 Å². The molecule has 0 aliphatic carbocycles. The lowest BCUT2D eigenvalue weighted by molar-refractivity contribution is 1.42. The van der Waals surface area contributed by atoms with Gasteiger partial charge in [0.2, 0.25) is 0 Å². The van der Waals surface area contributed by atoms with Crippen LogP contribution in [0.25, 0.3) is 22.3 Å². The molecule has 0 saturated heterocycles. The van der Waals surface area contributed by atoms with Crippen molar-refractivity contribution in [3.8, 4) is 22.3 Å². The van der Waals surface area contributed by atoms with Crippen molar-refractivity contribution >= 4 is 31.9 Å². The molecule has 3 aromatic carbocycles. The molecular formula is C24H28Br2. The van der Waals surface area contributed by atoms with Gasteiger partial charge in [-0.2, -0.15) is 0 Å². The Kier molecular flexibility index (Phi) is 9.90. The molecule has 0 atom stereocenters. The first-order valence-electron chi connectivity index (χ1n) is 9.18. The molecule has 0 bridgehead atoms. The van der Waals surface area contributed by atoms with Gasteiger partial charge in [0.1, 0.15) is 0 Å². The standard InChI is InChI=1S/C20H16Br2.2C2H6/c1-13-11-17(21)7-9-19(13)15-3-5-16(6-4-15)20-10-8-18(22)12-14(20)2;2*1-2/h3-12H,1-2H3;2*1-2H3. The van der Waals surface area contributed by atoms with Crippen LogP contribution in [0.15, 0.2) is 69.6 Å². The molecule has 3 rings (SSSR count). The molecule has 0 aromatic heterocycles. The first-order valence-corrected chi connectivity index (χ1v) is 10.8. The summed E-state index contributed by atoms with van der Waals surface area (Å²) in [6.07, 6.45) is 0. The Bertz CT molecular complexity index is 748. The van der Waals surface area contributed by atoms with Gasteiger partial charge in [-0.1, -0.05) is 96.0 Å². The van der Waals surface area contributed by atoms with Crippen LogP contribution < -0.4 is 0 Å². The minimum atomic E-state index is 1.12. The summed E-state index contributed by atoms with van der Waals surface area (Å²) in [5.41, 5.74) is 7.63. The Morgan fingerprint density at radius 1 is 0.500 bits per heavy atom. The SMILES string of the molecule is CC.CC.Cc1cc(Br)ccc1-c1ccc(-c2ccc(Br)cc2C)cc1. The van der Waals surface area contributed by atoms with Crippen LogP contribution in [0.3, 0.4) is 0 Å². The number of rotatable bonds is 2. The Balaban J connectivity index is 0.000000791. The Labute approximate surface area is 175 Å². The summed E-state index contributed by atoms with van der Waals surface area (Å²) in [5.74, 6) is 0. The number of benzene rings is 3. The molecule has 0 heterocycles. The van der Waals surface area contributed by atoms with Crippen LogP contribution in [0.4, 0.5) is 0 Å². The minimum Gasteiger partial charge on any atom is -0.0683 e. The average Bonchev–Trinajstić information content (AvgIpc) is 2.65. The Morgan fingerprint density at radius 3 is 1.08 bits per heavy atom. The first kappa shape index (κ1) is 22.7. The van der Waals surface area contributed by atoms with E-state index in [2.05, 4.69) is 106 Å². The van der Waals surface area contributed by atoms with Gasteiger partial charge in [-0.25, -0.2) is 0 Å². The van der Waals surface area contributed by atoms with E-state index in [0.717, 1.165) is 8.95 Å². The predicted molar refractivity (Wildman–Crippen MR) is 125 cm³/mol. The van der Waals surface area contributed by atoms with Gasteiger partial charge in [0.15, 0.2) is 0 Å². The Morgan fingerprint density at radius 2 is 0.808 bits per heavy atom. The zero-order valence-corrected chi connectivity index (χ0v) is 19.7. The van der Waals surface area contributed by atoms with Crippen molar-refractivity contribution in [3.05, 3.63) is 80.7 Å². The molecule has 3 aromatic rings. The van der Waals surface area contributed by atoms with E-state index in [1.54, 1.807) is 0 Å². The predicted octanol–water partition coefficient (Wildman–Crippen LogP) is 9.21. The van der Waals surface area contributed by atoms with E-state index >= 15 is 0 Å². The van der Waals surface area contributed by atoms with Crippen LogP contribution in [-0.2, 0) is 0 Å². The summed E-state index contributed by atoms with van der Waals surface area (Å²) in [4.78, 5) is 0. The van der Waals surface area contributed by atoms with Crippen molar-refractivity contribution in [2.75, 3.05) is 0 Å². The van der Waals surface area contributed by atoms with Crippen molar-refractivity contribution in [2.45, 2.75) is 41.5 Å². The molecule has 0 amide bonds. The van der Waals surface area contributed by atoms with Gasteiger partial charge in [0.25, 0.3) is 0 Å². The van der Waals surface area contributed by atoms with Crippen LogP contribution in [0.5, 0.6) is 0 Å². The quantitative estimate of drug-likeness (QED) is 0.346. The molecule has 0 unspecified atom stereocenters. The number of hydrogen-bond donors (Lipinski definition) is 0. The average molecular weight is 476 g/mol. The highest BCUT2D eigenvalue weighted by atomic mass is 79.9. The van der Waals surface area contributed by atoms with Crippen LogP contribution >= 0.6 is 31.9 Å². The van der Waals surface area contributed by atoms with Crippen LogP contribution in [0.2, 0.25) is 0 Å². The monoisotopic (exact) mass is 474 g/mol. The molecular weight excluding hydrogens is 448 g/mol. The van der Waals surface area contributed by atoms with Gasteiger partial charge in [-0.3, -0.25) is 0 Å². The maximum Gasteiger partial charge on any atom is 0.0178 e. The molecule has 0 saturated carbocycles. The second kappa shape index (κ2) is 11.4. The summed E-state index contributed by atoms with van der Waals surface area (Å²) >= 11 is 7.04. The van der Waals surface area contributed by atoms with Gasteiger partial charge in [0, 0.05) is 8.95 Å². The number of aryl methyl sites for hydroxylation is 2. The third kappa shape index (κ3) is 5.82. The lowest BCUT2D eigenvalue weighted by atomic mass is 9.96. The zero-order chi connectivity index (χ0) is 19.7. The number of halogens is 2. The second-order valence-corrected chi connectivity index (χ2v) is 7.33. The van der Waals surface area contributed by atoms with Gasteiger partial charge in [-0.15, -0.1) is 0 Å². The molecule has 0 N–H and O–H groups in total. The molecule has 0 fully saturated rings. The molecule has 26 heavy (non-hydrogen) atoms. The minimum absolute atomic E-state index is 1.12. The van der Waals surface area contributed by atoms with E-state index < -0.39 is 0 Å². The summed E-state index contributed by atoms with van der Waals surface area (Å²) < 4.78 is 2.24. The van der Waals surface area contributed by atoms with Gasteiger partial charge in [0.05, 0.1) is 0 Å². The first-order chi connectivity index (χ1) is 12.5. The van der Waals surface area contributed by atoms with Crippen LogP contribution in [0.1, 0.15) is 38.8 Å². The molecule has 2 heteroatoms. The van der Waals surface area contributed by atoms with Crippen molar-refractivity contribution in [2.24, 2.45) is 0 Å². The highest BCUT2D eigenvalue weighted by molar-refractivity contribution is 9.10. The van der Waals surface area contributed by atoms with Crippen molar-refractivity contribution in [3.63, 3.8) is 0 Å². The third-order valence-electron chi connectivity index (χ3n) is 3.88. The summed E-state index contributed by atoms with van der Waals surface area (Å²) in [6.45, 7) is 12.3. The number of hydrogen-bond acceptors (Lipinski definition) is 0. The van der Waals surface area contributed by atoms with E-state index in [1.165, 1.54) is 33.4 Å². The molecule has 0 nitrogen and oxygen atoms in total. The topological polar surface area (TPSA) is 0 Å². The largest absolute Gasteiger partial charge is 0.0683 e. The molecule has 0 radical (unpaired) electrons. The molecule has 0 spiro atoms. The molecule has 0 aliphatic rings. The second-order valence-electron chi connectivity index (χ2n) is 5.50. The van der Waals surface area contributed by atoms with Gasteiger partial charge in [-0.05, 0) is 71.5 Å². The van der Waals surface area contributed by atoms with Crippen molar-refractivity contribution in [1.29, 1.82) is 0 Å². The maximum absolute atomic E-state index is 3.52. The normalized spacial score (nSPS) is 9.54. The van der Waals surface area contributed by atoms with Crippen molar-refractivity contribution in [1.82, 2.24) is 0 Å². The smallest absolute Gasteiger partial charge is 0.0178 e. The lowest BCUT2D eigenvalue weighted by Crippen LogP contribution is -1.86. The summed E-state index contributed by atoms with van der Waals surface area (Å²) in [5, 5.41) is 0. The van der Waals surface area contributed by atoms with E-state index in [9.17, 15) is 0 Å². The van der Waals surface area contributed by atoms with E-state index in [0.29, 0.717) is 0 Å². The summed E-state index contributed by atoms with van der Waals surface area (Å²) in [6, 6.07) is 21.6. The highest BCUT2D eigenvalue weighted by Crippen LogP contribution is 2.30. The molecule has 0 aliphatic heterocycles. The Hall–Kier alpha value is -1.38. The van der Waals surface area contributed by atoms with Crippen LogP contribution in [-0.4, -0.2) is 0 Å². The zero-order valence-electron chi connectivity index (χ0n) is 16.5. The lowest BCUT2D eigenvalue weighted by Gasteiger charge is -2.10. The van der Waals surface area contributed by atoms with E-state index in [-0.39, 0.29) is 0 Å². The van der Waals surface area contributed by atoms with Crippen LogP contribution in [0, 0.1) is 13.8 Å². The fraction of sp³-hybridized carbons (Fsp3) is 0.250.